The summed E-state index contributed by atoms with van der Waals surface area (Å²) in [7, 11) is 4.03. The minimum Gasteiger partial charge on any atom is -0.355 e. The fraction of sp³-hybridized carbons (Fsp3) is 0.632. The molecule has 1 fully saturated rings. The number of nitrogens with zero attached hydrogens (tertiary/aromatic N) is 3. The Morgan fingerprint density at radius 2 is 1.69 bits per heavy atom. The predicted octanol–water partition coefficient (Wildman–Crippen LogP) is 2.59. The fourth-order valence-electron chi connectivity index (χ4n) is 2.87. The van der Waals surface area contributed by atoms with Gasteiger partial charge in [-0.1, -0.05) is 25.1 Å². The smallest absolute Gasteiger partial charge is 0.191 e. The van der Waals surface area contributed by atoms with Crippen molar-refractivity contribution in [3.8, 4) is 0 Å². The molecule has 2 rings (SSSR count). The maximum absolute atomic E-state index is 4.35. The Bertz CT molecular complexity index is 520. The van der Waals surface area contributed by atoms with E-state index in [1.54, 1.807) is 0 Å². The van der Waals surface area contributed by atoms with Crippen molar-refractivity contribution in [1.29, 1.82) is 0 Å². The van der Waals surface area contributed by atoms with Crippen molar-refractivity contribution < 1.29 is 0 Å². The summed E-state index contributed by atoms with van der Waals surface area (Å²) in [5, 5.41) is 7.40. The second-order valence-corrected chi connectivity index (χ2v) is 8.28. The molecule has 0 amide bonds. The van der Waals surface area contributed by atoms with Gasteiger partial charge in [0.2, 0.25) is 0 Å². The molecule has 7 heteroatoms. The first-order valence-electron chi connectivity index (χ1n) is 9.17. The minimum absolute atomic E-state index is 0. The lowest BCUT2D eigenvalue weighted by Gasteiger charge is -2.36. The minimum atomic E-state index is 0. The number of guanidine groups is 1. The van der Waals surface area contributed by atoms with Crippen LogP contribution in [0.5, 0.6) is 0 Å². The van der Waals surface area contributed by atoms with Gasteiger partial charge in [0.05, 0.1) is 0 Å². The molecule has 1 aromatic carbocycles. The van der Waals surface area contributed by atoms with Gasteiger partial charge in [-0.25, -0.2) is 0 Å². The standard InChI is InChI=1S/C19H33N5S.HI/c1-16(24-12-10-23(4)11-13-24)14-21-19(20-3)22-15-17(2)25-18-8-6-5-7-9-18;/h5-9,16-17H,10-15H2,1-4H3,(H2,20,21,22);1H. The van der Waals surface area contributed by atoms with Crippen molar-refractivity contribution >= 4 is 41.7 Å². The van der Waals surface area contributed by atoms with E-state index < -0.39 is 0 Å². The van der Waals surface area contributed by atoms with E-state index in [0.29, 0.717) is 11.3 Å². The SMILES string of the molecule is CN=C(NCC(C)Sc1ccccc1)NCC(C)N1CCN(C)CC1.I. The van der Waals surface area contributed by atoms with E-state index >= 15 is 0 Å². The normalized spacial score (nSPS) is 18.7. The van der Waals surface area contributed by atoms with Gasteiger partial charge in [0.1, 0.15) is 0 Å². The zero-order valence-corrected chi connectivity index (χ0v) is 19.6. The molecular formula is C19H34IN5S. The molecule has 26 heavy (non-hydrogen) atoms. The number of benzene rings is 1. The highest BCUT2D eigenvalue weighted by Gasteiger charge is 2.19. The van der Waals surface area contributed by atoms with Crippen molar-refractivity contribution in [2.45, 2.75) is 30.0 Å². The summed E-state index contributed by atoms with van der Waals surface area (Å²) in [6.07, 6.45) is 0. The second kappa shape index (κ2) is 12.8. The summed E-state index contributed by atoms with van der Waals surface area (Å²) in [5.74, 6) is 0.890. The molecule has 0 bridgehead atoms. The monoisotopic (exact) mass is 491 g/mol. The number of halogens is 1. The number of likely N-dealkylation sites (N-methyl/N-ethyl adjacent to an activating group) is 1. The fourth-order valence-corrected chi connectivity index (χ4v) is 3.82. The van der Waals surface area contributed by atoms with Crippen molar-refractivity contribution in [2.75, 3.05) is 53.4 Å². The van der Waals surface area contributed by atoms with Crippen LogP contribution in [0.1, 0.15) is 13.8 Å². The highest BCUT2D eigenvalue weighted by molar-refractivity contribution is 14.0. The first-order chi connectivity index (χ1) is 12.1. The van der Waals surface area contributed by atoms with Crippen molar-refractivity contribution in [3.05, 3.63) is 30.3 Å². The first-order valence-corrected chi connectivity index (χ1v) is 10.0. The Balaban J connectivity index is 0.00000338. The second-order valence-electron chi connectivity index (χ2n) is 6.76. The van der Waals surface area contributed by atoms with Gasteiger partial charge >= 0.3 is 0 Å². The molecule has 0 saturated carbocycles. The van der Waals surface area contributed by atoms with E-state index in [1.807, 2.05) is 18.8 Å². The molecule has 0 aliphatic carbocycles. The van der Waals surface area contributed by atoms with Crippen LogP contribution in [-0.2, 0) is 0 Å². The first kappa shape index (κ1) is 23.5. The summed E-state index contributed by atoms with van der Waals surface area (Å²) in [5.41, 5.74) is 0. The number of piperazine rings is 1. The summed E-state index contributed by atoms with van der Waals surface area (Å²) in [6.45, 7) is 11.0. The molecule has 1 aromatic rings. The maximum atomic E-state index is 4.35. The molecule has 1 saturated heterocycles. The third-order valence-electron chi connectivity index (χ3n) is 4.59. The van der Waals surface area contributed by atoms with Gasteiger partial charge in [-0.15, -0.1) is 35.7 Å². The van der Waals surface area contributed by atoms with Crippen LogP contribution < -0.4 is 10.6 Å². The van der Waals surface area contributed by atoms with Crippen molar-refractivity contribution in [3.63, 3.8) is 0 Å². The largest absolute Gasteiger partial charge is 0.355 e. The number of nitrogens with one attached hydrogen (secondary N) is 2. The average molecular weight is 491 g/mol. The molecule has 0 spiro atoms. The Kier molecular flexibility index (Phi) is 11.6. The van der Waals surface area contributed by atoms with Crippen molar-refractivity contribution in [2.24, 2.45) is 4.99 Å². The molecular weight excluding hydrogens is 457 g/mol. The third kappa shape index (κ3) is 8.45. The molecule has 2 unspecified atom stereocenters. The Hall–Kier alpha value is -0.510. The quantitative estimate of drug-likeness (QED) is 0.266. The zero-order chi connectivity index (χ0) is 18.1. The summed E-state index contributed by atoms with van der Waals surface area (Å²) >= 11 is 1.89. The average Bonchev–Trinajstić information content (AvgIpc) is 2.63. The molecule has 148 valence electrons. The van der Waals surface area contributed by atoms with Gasteiger partial charge in [0.25, 0.3) is 0 Å². The predicted molar refractivity (Wildman–Crippen MR) is 125 cm³/mol. The summed E-state index contributed by atoms with van der Waals surface area (Å²) < 4.78 is 0. The van der Waals surface area contributed by atoms with Gasteiger partial charge in [0.15, 0.2) is 5.96 Å². The third-order valence-corrected chi connectivity index (χ3v) is 5.70. The number of thioether (sulfide) groups is 1. The van der Waals surface area contributed by atoms with Crippen LogP contribution in [0.15, 0.2) is 40.2 Å². The van der Waals surface area contributed by atoms with E-state index in [2.05, 4.69) is 76.7 Å². The highest BCUT2D eigenvalue weighted by atomic mass is 127. The van der Waals surface area contributed by atoms with E-state index in [0.717, 1.165) is 45.2 Å². The lowest BCUT2D eigenvalue weighted by atomic mass is 10.2. The number of hydrogen-bond donors (Lipinski definition) is 2. The van der Waals surface area contributed by atoms with Crippen LogP contribution in [0.2, 0.25) is 0 Å². The lowest BCUT2D eigenvalue weighted by molar-refractivity contribution is 0.120. The number of hydrogen-bond acceptors (Lipinski definition) is 4. The molecule has 0 radical (unpaired) electrons. The lowest BCUT2D eigenvalue weighted by Crippen LogP contribution is -2.52. The van der Waals surface area contributed by atoms with Gasteiger partial charge in [0, 0.05) is 62.5 Å². The molecule has 2 N–H and O–H groups in total. The molecule has 1 heterocycles. The Morgan fingerprint density at radius 3 is 2.31 bits per heavy atom. The molecule has 0 aromatic heterocycles. The van der Waals surface area contributed by atoms with E-state index in [-0.39, 0.29) is 24.0 Å². The topological polar surface area (TPSA) is 42.9 Å². The van der Waals surface area contributed by atoms with E-state index in [4.69, 9.17) is 0 Å². The molecule has 1 aliphatic heterocycles. The maximum Gasteiger partial charge on any atom is 0.191 e. The summed E-state index contributed by atoms with van der Waals surface area (Å²) in [6, 6.07) is 11.1. The summed E-state index contributed by atoms with van der Waals surface area (Å²) in [4.78, 5) is 10.6. The molecule has 5 nitrogen and oxygen atoms in total. The van der Waals surface area contributed by atoms with Gasteiger partial charge < -0.3 is 15.5 Å². The van der Waals surface area contributed by atoms with Crippen LogP contribution in [0.3, 0.4) is 0 Å². The van der Waals surface area contributed by atoms with Gasteiger partial charge in [-0.2, -0.15) is 0 Å². The van der Waals surface area contributed by atoms with Crippen LogP contribution in [0, 0.1) is 0 Å². The Labute approximate surface area is 180 Å². The van der Waals surface area contributed by atoms with Crippen LogP contribution in [-0.4, -0.2) is 80.4 Å². The van der Waals surface area contributed by atoms with Crippen LogP contribution >= 0.6 is 35.7 Å². The van der Waals surface area contributed by atoms with Crippen molar-refractivity contribution in [1.82, 2.24) is 20.4 Å². The van der Waals surface area contributed by atoms with Crippen LogP contribution in [0.25, 0.3) is 0 Å². The molecule has 1 aliphatic rings. The highest BCUT2D eigenvalue weighted by Crippen LogP contribution is 2.21. The zero-order valence-electron chi connectivity index (χ0n) is 16.4. The van der Waals surface area contributed by atoms with E-state index in [1.165, 1.54) is 4.90 Å². The van der Waals surface area contributed by atoms with Gasteiger partial charge in [-0.3, -0.25) is 9.89 Å². The van der Waals surface area contributed by atoms with E-state index in [9.17, 15) is 0 Å². The van der Waals surface area contributed by atoms with Gasteiger partial charge in [-0.05, 0) is 26.1 Å². The Morgan fingerprint density at radius 1 is 1.08 bits per heavy atom. The number of rotatable bonds is 7. The number of aliphatic imine (C=N–C) groups is 1. The molecule has 2 atom stereocenters. The van der Waals surface area contributed by atoms with Crippen LogP contribution in [0.4, 0.5) is 0 Å².